The molecule has 2 N–H and O–H groups in total. The van der Waals surface area contributed by atoms with Gasteiger partial charge in [0.25, 0.3) is 5.92 Å². The number of pyridine rings is 1. The quantitative estimate of drug-likeness (QED) is 0.320. The van der Waals surface area contributed by atoms with Crippen LogP contribution in [0.1, 0.15) is 45.6 Å². The summed E-state index contributed by atoms with van der Waals surface area (Å²) < 4.78 is 59.0. The third kappa shape index (κ3) is 6.68. The second-order valence-corrected chi connectivity index (χ2v) is 14.1. The number of aliphatic hydroxyl groups excluding tert-OH is 1. The minimum atomic E-state index is -3.11. The molecule has 2 saturated heterocycles. The molecule has 0 radical (unpaired) electrons. The highest BCUT2D eigenvalue weighted by molar-refractivity contribution is 7.91. The van der Waals surface area contributed by atoms with Gasteiger partial charge in [0.05, 0.1) is 25.5 Å². The fourth-order valence-corrected chi connectivity index (χ4v) is 7.17. The van der Waals surface area contributed by atoms with Crippen molar-refractivity contribution in [2.75, 3.05) is 59.5 Å². The average Bonchev–Trinajstić information content (AvgIpc) is 2.97. The highest BCUT2D eigenvalue weighted by atomic mass is 32.2. The molecule has 10 nitrogen and oxygen atoms in total. The van der Waals surface area contributed by atoms with Crippen LogP contribution < -0.4 is 15.1 Å². The van der Waals surface area contributed by atoms with Crippen LogP contribution in [0.2, 0.25) is 0 Å². The van der Waals surface area contributed by atoms with E-state index < -0.39 is 28.4 Å². The Morgan fingerprint density at radius 3 is 2.65 bits per heavy atom. The zero-order valence-electron chi connectivity index (χ0n) is 25.0. The van der Waals surface area contributed by atoms with Gasteiger partial charge in [0.15, 0.2) is 0 Å². The van der Waals surface area contributed by atoms with Gasteiger partial charge in [0.2, 0.25) is 5.95 Å². The van der Waals surface area contributed by atoms with E-state index in [0.29, 0.717) is 24.7 Å². The predicted octanol–water partition coefficient (Wildman–Crippen LogP) is 4.37. The van der Waals surface area contributed by atoms with Gasteiger partial charge < -0.3 is 25.0 Å². The zero-order chi connectivity index (χ0) is 30.9. The fraction of sp³-hybridized carbons (Fsp3) is 0.567. The van der Waals surface area contributed by atoms with Crippen molar-refractivity contribution in [2.45, 2.75) is 58.1 Å². The van der Waals surface area contributed by atoms with Crippen LogP contribution in [0.3, 0.4) is 0 Å². The number of nitrogens with zero attached hydrogens (tertiary/aromatic N) is 5. The number of anilines is 4. The Kier molecular flexibility index (Phi) is 9.05. The number of aliphatic hydroxyl groups is 1. The molecule has 2 aromatic heterocycles. The van der Waals surface area contributed by atoms with E-state index in [0.717, 1.165) is 22.0 Å². The standard InChI is InChI=1S/C30H40F2N6O4S/c1-5-43(40,41)17-21-16-38(20(21)4)25-7-6-22(19(2)3)23-14-28(34-15-24(23)25)35-27-8-10-33-29(36-27)37-11-9-26(42-13-12-39)30(31,32)18-37/h6-8,10,14-15,19-21,26,39H,5,9,11-13,16-18H2,1-4H3,(H,33,34,35,36)/t20-,21-,26?/m1/s1. The van der Waals surface area contributed by atoms with Crippen LogP contribution in [0.4, 0.5) is 32.1 Å². The zero-order valence-corrected chi connectivity index (χ0v) is 25.8. The molecule has 3 atom stereocenters. The molecule has 13 heteroatoms. The lowest BCUT2D eigenvalue weighted by atomic mass is 9.88. The Hall–Kier alpha value is -3.16. The number of aromatic nitrogens is 3. The number of ether oxygens (including phenoxy) is 1. The monoisotopic (exact) mass is 618 g/mol. The van der Waals surface area contributed by atoms with Crippen LogP contribution in [-0.4, -0.2) is 90.9 Å². The average molecular weight is 619 g/mol. The van der Waals surface area contributed by atoms with E-state index in [2.05, 4.69) is 58.1 Å². The van der Waals surface area contributed by atoms with Crippen molar-refractivity contribution in [1.82, 2.24) is 15.0 Å². The van der Waals surface area contributed by atoms with Gasteiger partial charge in [0.1, 0.15) is 27.6 Å². The van der Waals surface area contributed by atoms with Crippen LogP contribution in [0.5, 0.6) is 0 Å². The van der Waals surface area contributed by atoms with E-state index in [-0.39, 0.29) is 55.0 Å². The Morgan fingerprint density at radius 1 is 1.19 bits per heavy atom. The number of rotatable bonds is 11. The first-order valence-corrected chi connectivity index (χ1v) is 16.6. The molecule has 1 aromatic carbocycles. The maximum absolute atomic E-state index is 14.7. The Labute approximate surface area is 251 Å². The van der Waals surface area contributed by atoms with Crippen molar-refractivity contribution in [1.29, 1.82) is 0 Å². The number of sulfone groups is 1. The second kappa shape index (κ2) is 12.4. The number of benzene rings is 1. The minimum absolute atomic E-state index is 0.0874. The van der Waals surface area contributed by atoms with Crippen LogP contribution in [0.15, 0.2) is 36.7 Å². The van der Waals surface area contributed by atoms with E-state index >= 15 is 0 Å². The van der Waals surface area contributed by atoms with Crippen LogP contribution in [-0.2, 0) is 14.6 Å². The first-order valence-electron chi connectivity index (χ1n) is 14.8. The number of piperidine rings is 1. The van der Waals surface area contributed by atoms with Gasteiger partial charge >= 0.3 is 0 Å². The molecule has 0 bridgehead atoms. The summed E-state index contributed by atoms with van der Waals surface area (Å²) in [5.41, 5.74) is 2.17. The molecule has 0 amide bonds. The molecule has 2 aliphatic heterocycles. The van der Waals surface area contributed by atoms with Crippen molar-refractivity contribution >= 4 is 43.9 Å². The van der Waals surface area contributed by atoms with E-state index in [1.165, 1.54) is 11.1 Å². The Balaban J connectivity index is 1.36. The molecule has 3 aromatic rings. The van der Waals surface area contributed by atoms with Crippen molar-refractivity contribution in [3.63, 3.8) is 0 Å². The number of hydrogen-bond acceptors (Lipinski definition) is 10. The number of hydrogen-bond donors (Lipinski definition) is 2. The second-order valence-electron chi connectivity index (χ2n) is 11.7. The summed E-state index contributed by atoms with van der Waals surface area (Å²) in [6, 6.07) is 7.93. The smallest absolute Gasteiger partial charge is 0.290 e. The van der Waals surface area contributed by atoms with Crippen molar-refractivity contribution in [3.05, 3.63) is 42.2 Å². The van der Waals surface area contributed by atoms with Crippen LogP contribution >= 0.6 is 0 Å². The van der Waals surface area contributed by atoms with E-state index in [4.69, 9.17) is 9.84 Å². The third-order valence-electron chi connectivity index (χ3n) is 8.48. The summed E-state index contributed by atoms with van der Waals surface area (Å²) >= 11 is 0. The molecule has 2 fully saturated rings. The summed E-state index contributed by atoms with van der Waals surface area (Å²) in [5, 5.41) is 14.2. The lowest BCUT2D eigenvalue weighted by Crippen LogP contribution is -2.57. The number of fused-ring (bicyclic) bond motifs is 1. The minimum Gasteiger partial charge on any atom is -0.394 e. The topological polar surface area (TPSA) is 121 Å². The summed E-state index contributed by atoms with van der Waals surface area (Å²) in [6.45, 7) is 7.96. The van der Waals surface area contributed by atoms with Crippen molar-refractivity contribution < 1.29 is 27.0 Å². The first-order chi connectivity index (χ1) is 20.4. The van der Waals surface area contributed by atoms with E-state index in [1.54, 1.807) is 13.0 Å². The van der Waals surface area contributed by atoms with Gasteiger partial charge in [-0.2, -0.15) is 4.98 Å². The van der Waals surface area contributed by atoms with E-state index in [1.807, 2.05) is 12.3 Å². The van der Waals surface area contributed by atoms with Gasteiger partial charge in [-0.3, -0.25) is 0 Å². The lowest BCUT2D eigenvalue weighted by molar-refractivity contribution is -0.146. The predicted molar refractivity (Wildman–Crippen MR) is 164 cm³/mol. The van der Waals surface area contributed by atoms with Gasteiger partial charge in [-0.15, -0.1) is 0 Å². The maximum Gasteiger partial charge on any atom is 0.290 e. The summed E-state index contributed by atoms with van der Waals surface area (Å²) in [4.78, 5) is 17.1. The summed E-state index contributed by atoms with van der Waals surface area (Å²) in [6.07, 6.45) is 2.18. The first kappa shape index (κ1) is 31.3. The molecule has 2 aliphatic rings. The molecule has 0 aliphatic carbocycles. The molecular weight excluding hydrogens is 578 g/mol. The lowest BCUT2D eigenvalue weighted by Gasteiger charge is -2.48. The Morgan fingerprint density at radius 2 is 1.98 bits per heavy atom. The number of alkyl halides is 2. The molecule has 0 saturated carbocycles. The SMILES string of the molecule is CCS(=O)(=O)C[C@H]1CN(c2ccc(C(C)C)c3cc(Nc4ccnc(N5CCC(OCCO)C(F)(F)C5)n4)ncc23)[C@@H]1C. The van der Waals surface area contributed by atoms with Crippen LogP contribution in [0, 0.1) is 5.92 Å². The summed E-state index contributed by atoms with van der Waals surface area (Å²) in [7, 11) is -3.05. The molecular formula is C30H40F2N6O4S. The maximum atomic E-state index is 14.7. The van der Waals surface area contributed by atoms with Gasteiger partial charge in [-0.1, -0.05) is 26.8 Å². The fourth-order valence-electron chi connectivity index (χ4n) is 5.90. The number of nitrogens with one attached hydrogen (secondary N) is 1. The normalized spacial score (nSPS) is 22.2. The largest absolute Gasteiger partial charge is 0.394 e. The molecule has 5 rings (SSSR count). The molecule has 43 heavy (non-hydrogen) atoms. The van der Waals surface area contributed by atoms with Gasteiger partial charge in [0, 0.05) is 54.3 Å². The molecule has 1 unspecified atom stereocenters. The van der Waals surface area contributed by atoms with Gasteiger partial charge in [-0.05, 0) is 48.4 Å². The molecule has 4 heterocycles. The Bertz CT molecular complexity index is 1560. The van der Waals surface area contributed by atoms with Crippen molar-refractivity contribution in [3.8, 4) is 0 Å². The molecule has 0 spiro atoms. The van der Waals surface area contributed by atoms with E-state index in [9.17, 15) is 17.2 Å². The van der Waals surface area contributed by atoms with Crippen molar-refractivity contribution in [2.24, 2.45) is 5.92 Å². The molecule has 234 valence electrons. The summed E-state index contributed by atoms with van der Waals surface area (Å²) in [5.74, 6) is -1.25. The highest BCUT2D eigenvalue weighted by Gasteiger charge is 2.46. The number of halogens is 2. The highest BCUT2D eigenvalue weighted by Crippen LogP contribution is 2.40. The van der Waals surface area contributed by atoms with Gasteiger partial charge in [-0.25, -0.2) is 27.2 Å². The third-order valence-corrected chi connectivity index (χ3v) is 10.3. The van der Waals surface area contributed by atoms with Crippen LogP contribution in [0.25, 0.3) is 10.8 Å².